The summed E-state index contributed by atoms with van der Waals surface area (Å²) in [6.45, 7) is 0. The predicted octanol–water partition coefficient (Wildman–Crippen LogP) is 7.95. The Bertz CT molecular complexity index is 2170. The van der Waals surface area contributed by atoms with Crippen molar-refractivity contribution >= 4 is 53.3 Å². The van der Waals surface area contributed by atoms with Gasteiger partial charge in [-0.05, 0) is 48.5 Å². The molecule has 0 aliphatic heterocycles. The maximum atomic E-state index is 6.43. The molecule has 0 radical (unpaired) electrons. The Kier molecular flexibility index (Phi) is 4.84. The van der Waals surface area contributed by atoms with E-state index < -0.39 is 0 Å². The van der Waals surface area contributed by atoms with E-state index in [1.807, 2.05) is 72.1 Å². The van der Waals surface area contributed by atoms with Crippen LogP contribution in [0.2, 0.25) is 0 Å². The summed E-state index contributed by atoms with van der Waals surface area (Å²) in [6.07, 6.45) is 7.94. The topological polar surface area (TPSA) is 35.9 Å². The van der Waals surface area contributed by atoms with E-state index in [2.05, 4.69) is 81.9 Å². The molecule has 5 nitrogen and oxygen atoms in total. The lowest BCUT2D eigenvalue weighted by molar-refractivity contribution is -0.670. The minimum absolute atomic E-state index is 0.782. The standard InChI is InChI=1S/C33H23N4OS/c1-35-17-18-36(21-35)22-7-6-8-23(19-22)38-24-12-13-25-26-14-15-30-32(27-9-2-3-10-29(27)39-30)33(26)37(28(25)20-24)31-11-4-5-16-34-31/h2-21H,1H3/q+1. The Balaban J connectivity index is 1.35. The molecule has 0 atom stereocenters. The molecule has 6 heteroatoms. The second-order valence-electron chi connectivity index (χ2n) is 9.72. The lowest BCUT2D eigenvalue weighted by Crippen LogP contribution is -2.23. The van der Waals surface area contributed by atoms with Crippen LogP contribution in [0.4, 0.5) is 0 Å². The molecule has 4 heterocycles. The highest BCUT2D eigenvalue weighted by Crippen LogP contribution is 2.43. The minimum Gasteiger partial charge on any atom is -0.457 e. The number of fused-ring (bicyclic) bond motifs is 7. The number of pyridine rings is 1. The second kappa shape index (κ2) is 8.55. The van der Waals surface area contributed by atoms with Crippen molar-refractivity contribution in [3.8, 4) is 23.0 Å². The molecule has 0 amide bonds. The fourth-order valence-electron chi connectivity index (χ4n) is 5.53. The van der Waals surface area contributed by atoms with Gasteiger partial charge < -0.3 is 4.74 Å². The Morgan fingerprint density at radius 1 is 0.769 bits per heavy atom. The average molecular weight is 524 g/mol. The molecule has 4 aromatic heterocycles. The van der Waals surface area contributed by atoms with Crippen LogP contribution in [0.15, 0.2) is 122 Å². The van der Waals surface area contributed by atoms with E-state index >= 15 is 0 Å². The zero-order valence-electron chi connectivity index (χ0n) is 21.2. The summed E-state index contributed by atoms with van der Waals surface area (Å²) in [4.78, 5) is 4.77. The van der Waals surface area contributed by atoms with Crippen molar-refractivity contribution in [2.24, 2.45) is 7.05 Å². The Labute approximate surface area is 228 Å². The van der Waals surface area contributed by atoms with E-state index in [1.165, 1.54) is 36.5 Å². The van der Waals surface area contributed by atoms with E-state index in [0.717, 1.165) is 28.5 Å². The van der Waals surface area contributed by atoms with Gasteiger partial charge in [0.05, 0.1) is 18.1 Å². The molecule has 0 fully saturated rings. The number of nitrogens with zero attached hydrogens (tertiary/aromatic N) is 4. The first-order valence-electron chi connectivity index (χ1n) is 12.8. The molecule has 0 saturated carbocycles. The third-order valence-electron chi connectivity index (χ3n) is 7.24. The van der Waals surface area contributed by atoms with E-state index in [0.29, 0.717) is 0 Å². The van der Waals surface area contributed by atoms with Crippen LogP contribution in [0.5, 0.6) is 11.5 Å². The molecule has 8 rings (SSSR count). The summed E-state index contributed by atoms with van der Waals surface area (Å²) in [5, 5.41) is 4.93. The van der Waals surface area contributed by atoms with Crippen LogP contribution in [-0.4, -0.2) is 14.1 Å². The normalized spacial score (nSPS) is 11.7. The van der Waals surface area contributed by atoms with Gasteiger partial charge in [-0.3, -0.25) is 4.57 Å². The quantitative estimate of drug-likeness (QED) is 0.219. The molecule has 0 bridgehead atoms. The van der Waals surface area contributed by atoms with Gasteiger partial charge in [0.2, 0.25) is 6.33 Å². The van der Waals surface area contributed by atoms with Crippen LogP contribution in [0.25, 0.3) is 53.5 Å². The van der Waals surface area contributed by atoms with Crippen LogP contribution in [0.1, 0.15) is 0 Å². The number of hydrogen-bond acceptors (Lipinski definition) is 3. The summed E-state index contributed by atoms with van der Waals surface area (Å²) in [6, 6.07) is 33.7. The van der Waals surface area contributed by atoms with Crippen LogP contribution in [0.3, 0.4) is 0 Å². The Morgan fingerprint density at radius 2 is 1.64 bits per heavy atom. The molecule has 39 heavy (non-hydrogen) atoms. The molecule has 8 aromatic rings. The van der Waals surface area contributed by atoms with Gasteiger partial charge in [-0.1, -0.05) is 36.4 Å². The van der Waals surface area contributed by atoms with Crippen LogP contribution >= 0.6 is 11.3 Å². The highest BCUT2D eigenvalue weighted by atomic mass is 32.1. The molecule has 0 unspecified atom stereocenters. The molecule has 0 N–H and O–H groups in total. The largest absolute Gasteiger partial charge is 0.457 e. The summed E-state index contributed by atoms with van der Waals surface area (Å²) in [5.74, 6) is 2.46. The highest BCUT2D eigenvalue weighted by Gasteiger charge is 2.19. The fourth-order valence-corrected chi connectivity index (χ4v) is 6.64. The van der Waals surface area contributed by atoms with Crippen LogP contribution in [-0.2, 0) is 7.05 Å². The number of aromatic nitrogens is 4. The number of rotatable bonds is 4. The Hall–Kier alpha value is -4.94. The van der Waals surface area contributed by atoms with Gasteiger partial charge in [0.1, 0.15) is 35.4 Å². The molecule has 0 spiro atoms. The van der Waals surface area contributed by atoms with Crippen LogP contribution in [0, 0.1) is 0 Å². The highest BCUT2D eigenvalue weighted by molar-refractivity contribution is 7.26. The zero-order chi connectivity index (χ0) is 25.9. The molecule has 4 aromatic carbocycles. The van der Waals surface area contributed by atoms with Gasteiger partial charge in [0, 0.05) is 49.3 Å². The van der Waals surface area contributed by atoms with Crippen LogP contribution < -0.4 is 9.30 Å². The minimum atomic E-state index is 0.782. The average Bonchev–Trinajstić information content (AvgIpc) is 3.66. The predicted molar refractivity (Wildman–Crippen MR) is 158 cm³/mol. The van der Waals surface area contributed by atoms with Crippen molar-refractivity contribution in [2.75, 3.05) is 0 Å². The van der Waals surface area contributed by atoms with E-state index in [4.69, 9.17) is 9.72 Å². The summed E-state index contributed by atoms with van der Waals surface area (Å²) in [7, 11) is 2.01. The lowest BCUT2D eigenvalue weighted by Gasteiger charge is -2.10. The smallest absolute Gasteiger partial charge is 0.248 e. The first-order chi connectivity index (χ1) is 19.2. The summed E-state index contributed by atoms with van der Waals surface area (Å²) < 4.78 is 15.4. The van der Waals surface area contributed by atoms with E-state index in [1.54, 1.807) is 0 Å². The first-order valence-corrected chi connectivity index (χ1v) is 13.7. The summed E-state index contributed by atoms with van der Waals surface area (Å²) in [5.41, 5.74) is 3.29. The van der Waals surface area contributed by atoms with Gasteiger partial charge in [-0.2, -0.15) is 0 Å². The number of imidazole rings is 1. The zero-order valence-corrected chi connectivity index (χ0v) is 22.0. The molecule has 0 saturated heterocycles. The second-order valence-corrected chi connectivity index (χ2v) is 10.8. The number of aryl methyl sites for hydroxylation is 1. The maximum Gasteiger partial charge on any atom is 0.248 e. The monoisotopic (exact) mass is 523 g/mol. The summed E-state index contributed by atoms with van der Waals surface area (Å²) >= 11 is 1.83. The fraction of sp³-hybridized carbons (Fsp3) is 0.0303. The van der Waals surface area contributed by atoms with Crippen molar-refractivity contribution in [2.45, 2.75) is 0 Å². The SMILES string of the molecule is C[n+]1ccn(-c2cccc(Oc3ccc4c5ccc6sc7ccccc7c6c5n(-c5ccccn5)c4c3)c2)c1. The number of benzene rings is 4. The van der Waals surface area contributed by atoms with Crippen molar-refractivity contribution in [3.63, 3.8) is 0 Å². The van der Waals surface area contributed by atoms with Gasteiger partial charge >= 0.3 is 0 Å². The van der Waals surface area contributed by atoms with Crippen molar-refractivity contribution in [1.82, 2.24) is 14.1 Å². The molecule has 0 aliphatic rings. The van der Waals surface area contributed by atoms with Gasteiger partial charge in [-0.25, -0.2) is 14.1 Å². The van der Waals surface area contributed by atoms with Crippen molar-refractivity contribution in [3.05, 3.63) is 122 Å². The van der Waals surface area contributed by atoms with Gasteiger partial charge in [0.25, 0.3) is 0 Å². The third-order valence-corrected chi connectivity index (χ3v) is 8.37. The van der Waals surface area contributed by atoms with E-state index in [-0.39, 0.29) is 0 Å². The number of thiophene rings is 1. The molecular weight excluding hydrogens is 500 g/mol. The van der Waals surface area contributed by atoms with E-state index in [9.17, 15) is 0 Å². The lowest BCUT2D eigenvalue weighted by atomic mass is 10.1. The maximum absolute atomic E-state index is 6.43. The van der Waals surface area contributed by atoms with Crippen molar-refractivity contribution < 1.29 is 9.30 Å². The van der Waals surface area contributed by atoms with Crippen molar-refractivity contribution in [1.29, 1.82) is 0 Å². The molecule has 186 valence electrons. The molecule has 0 aliphatic carbocycles. The Morgan fingerprint density at radius 3 is 2.51 bits per heavy atom. The first kappa shape index (κ1) is 22.1. The number of hydrogen-bond donors (Lipinski definition) is 0. The van der Waals surface area contributed by atoms with Gasteiger partial charge in [-0.15, -0.1) is 11.3 Å². The number of ether oxygens (including phenoxy) is 1. The van der Waals surface area contributed by atoms with Gasteiger partial charge in [0.15, 0.2) is 0 Å². The molecular formula is C33H23N4OS+. The third kappa shape index (κ3) is 3.53.